The van der Waals surface area contributed by atoms with Gasteiger partial charge in [-0.15, -0.1) is 0 Å². The van der Waals surface area contributed by atoms with Crippen molar-refractivity contribution in [2.24, 2.45) is 17.8 Å². The minimum Gasteiger partial charge on any atom is -0.481 e. The molecule has 0 radical (unpaired) electrons. The highest BCUT2D eigenvalue weighted by Crippen LogP contribution is 2.29. The van der Waals surface area contributed by atoms with Crippen LogP contribution in [0.1, 0.15) is 58.8 Å². The standard InChI is InChI=1S/C16H28N2O3/c1-10-3-6-14(9-11(10)2)18-16(21)17-13-7-4-12(5-8-13)15(19)20/h10-14H,3-9H2,1-2H3,(H,19,20)(H2,17,18,21). The van der Waals surface area contributed by atoms with Crippen molar-refractivity contribution >= 4 is 12.0 Å². The summed E-state index contributed by atoms with van der Waals surface area (Å²) < 4.78 is 0. The van der Waals surface area contributed by atoms with E-state index in [4.69, 9.17) is 5.11 Å². The zero-order valence-corrected chi connectivity index (χ0v) is 13.1. The third kappa shape index (κ3) is 4.61. The molecule has 5 nitrogen and oxygen atoms in total. The Morgan fingerprint density at radius 2 is 1.43 bits per heavy atom. The summed E-state index contributed by atoms with van der Waals surface area (Å²) >= 11 is 0. The van der Waals surface area contributed by atoms with Crippen LogP contribution in [0.2, 0.25) is 0 Å². The molecule has 5 heteroatoms. The van der Waals surface area contributed by atoms with E-state index in [9.17, 15) is 9.59 Å². The summed E-state index contributed by atoms with van der Waals surface area (Å²) in [6.07, 6.45) is 6.16. The highest BCUT2D eigenvalue weighted by Gasteiger charge is 2.28. The average molecular weight is 296 g/mol. The maximum Gasteiger partial charge on any atom is 0.315 e. The number of carbonyl (C=O) groups is 2. The SMILES string of the molecule is CC1CCC(NC(=O)NC2CCC(C(=O)O)CC2)CC1C. The highest BCUT2D eigenvalue weighted by atomic mass is 16.4. The Balaban J connectivity index is 1.69. The van der Waals surface area contributed by atoms with E-state index in [0.29, 0.717) is 18.8 Å². The number of amides is 2. The Kier molecular flexibility index (Phi) is 5.48. The monoisotopic (exact) mass is 296 g/mol. The number of aliphatic carboxylic acids is 1. The molecule has 0 heterocycles. The molecule has 3 atom stereocenters. The summed E-state index contributed by atoms with van der Waals surface area (Å²) in [4.78, 5) is 22.9. The first-order valence-corrected chi connectivity index (χ1v) is 8.25. The van der Waals surface area contributed by atoms with Gasteiger partial charge in [0.15, 0.2) is 0 Å². The van der Waals surface area contributed by atoms with Crippen molar-refractivity contribution in [2.45, 2.75) is 70.9 Å². The Labute approximate surface area is 126 Å². The Bertz CT molecular complexity index is 378. The second kappa shape index (κ2) is 7.14. The molecule has 2 aliphatic rings. The molecule has 0 aromatic rings. The molecule has 3 unspecified atom stereocenters. The van der Waals surface area contributed by atoms with Crippen molar-refractivity contribution in [1.29, 1.82) is 0 Å². The number of hydrogen-bond acceptors (Lipinski definition) is 2. The molecule has 120 valence electrons. The predicted molar refractivity (Wildman–Crippen MR) is 81.0 cm³/mol. The predicted octanol–water partition coefficient (Wildman–Crippen LogP) is 2.75. The molecule has 2 rings (SSSR count). The minimum atomic E-state index is -0.705. The number of nitrogens with one attached hydrogen (secondary N) is 2. The van der Waals surface area contributed by atoms with Gasteiger partial charge in [0.1, 0.15) is 0 Å². The van der Waals surface area contributed by atoms with Crippen LogP contribution >= 0.6 is 0 Å². The van der Waals surface area contributed by atoms with Gasteiger partial charge in [0.2, 0.25) is 0 Å². The van der Waals surface area contributed by atoms with Crippen molar-refractivity contribution in [3.8, 4) is 0 Å². The first-order chi connectivity index (χ1) is 9.95. The molecule has 0 aromatic heterocycles. The summed E-state index contributed by atoms with van der Waals surface area (Å²) in [5.74, 6) is 0.475. The maximum atomic E-state index is 12.0. The fourth-order valence-electron chi connectivity index (χ4n) is 3.58. The van der Waals surface area contributed by atoms with Crippen LogP contribution in [-0.4, -0.2) is 29.2 Å². The van der Waals surface area contributed by atoms with Crippen molar-refractivity contribution in [3.05, 3.63) is 0 Å². The second-order valence-electron chi connectivity index (χ2n) is 6.97. The van der Waals surface area contributed by atoms with Crippen LogP contribution in [0.4, 0.5) is 4.79 Å². The smallest absolute Gasteiger partial charge is 0.315 e. The van der Waals surface area contributed by atoms with Crippen molar-refractivity contribution in [1.82, 2.24) is 10.6 Å². The van der Waals surface area contributed by atoms with E-state index in [-0.39, 0.29) is 24.0 Å². The van der Waals surface area contributed by atoms with Gasteiger partial charge in [-0.25, -0.2) is 4.79 Å². The number of carboxylic acids is 1. The Morgan fingerprint density at radius 3 is 2.00 bits per heavy atom. The van der Waals surface area contributed by atoms with Crippen LogP contribution in [0.25, 0.3) is 0 Å². The van der Waals surface area contributed by atoms with Gasteiger partial charge in [-0.3, -0.25) is 4.79 Å². The van der Waals surface area contributed by atoms with Gasteiger partial charge >= 0.3 is 12.0 Å². The van der Waals surface area contributed by atoms with E-state index < -0.39 is 5.97 Å². The van der Waals surface area contributed by atoms with Gasteiger partial charge < -0.3 is 15.7 Å². The lowest BCUT2D eigenvalue weighted by Crippen LogP contribution is -2.49. The summed E-state index contributed by atoms with van der Waals surface area (Å²) in [5.41, 5.74) is 0. The lowest BCUT2D eigenvalue weighted by atomic mass is 9.79. The Hall–Kier alpha value is -1.26. The Morgan fingerprint density at radius 1 is 0.857 bits per heavy atom. The first-order valence-electron chi connectivity index (χ1n) is 8.25. The lowest BCUT2D eigenvalue weighted by Gasteiger charge is -2.33. The van der Waals surface area contributed by atoms with Crippen LogP contribution in [0.5, 0.6) is 0 Å². The fourth-order valence-corrected chi connectivity index (χ4v) is 3.58. The van der Waals surface area contributed by atoms with Gasteiger partial charge in [0.05, 0.1) is 5.92 Å². The molecular weight excluding hydrogens is 268 g/mol. The normalized spacial score (nSPS) is 36.8. The summed E-state index contributed by atoms with van der Waals surface area (Å²) in [5, 5.41) is 15.1. The molecule has 2 amide bonds. The van der Waals surface area contributed by atoms with Gasteiger partial charge in [0.25, 0.3) is 0 Å². The summed E-state index contributed by atoms with van der Waals surface area (Å²) in [7, 11) is 0. The summed E-state index contributed by atoms with van der Waals surface area (Å²) in [6.45, 7) is 4.53. The summed E-state index contributed by atoms with van der Waals surface area (Å²) in [6, 6.07) is 0.327. The van der Waals surface area contributed by atoms with Gasteiger partial charge in [-0.2, -0.15) is 0 Å². The zero-order valence-electron chi connectivity index (χ0n) is 13.1. The minimum absolute atomic E-state index is 0.0828. The molecule has 21 heavy (non-hydrogen) atoms. The fraction of sp³-hybridized carbons (Fsp3) is 0.875. The van der Waals surface area contributed by atoms with E-state index in [1.54, 1.807) is 0 Å². The number of hydrogen-bond donors (Lipinski definition) is 3. The van der Waals surface area contributed by atoms with Crippen molar-refractivity contribution < 1.29 is 14.7 Å². The molecule has 0 spiro atoms. The maximum absolute atomic E-state index is 12.0. The third-order valence-corrected chi connectivity index (χ3v) is 5.35. The lowest BCUT2D eigenvalue weighted by molar-refractivity contribution is -0.142. The average Bonchev–Trinajstić information content (AvgIpc) is 2.43. The van der Waals surface area contributed by atoms with Crippen LogP contribution in [0.3, 0.4) is 0 Å². The molecule has 0 saturated heterocycles. The zero-order chi connectivity index (χ0) is 15.4. The van der Waals surface area contributed by atoms with Crippen LogP contribution in [-0.2, 0) is 4.79 Å². The number of urea groups is 1. The third-order valence-electron chi connectivity index (χ3n) is 5.35. The molecule has 2 fully saturated rings. The van der Waals surface area contributed by atoms with Gasteiger partial charge in [-0.1, -0.05) is 13.8 Å². The highest BCUT2D eigenvalue weighted by molar-refractivity contribution is 5.74. The van der Waals surface area contributed by atoms with Crippen LogP contribution < -0.4 is 10.6 Å². The molecular formula is C16H28N2O3. The topological polar surface area (TPSA) is 78.4 Å². The quantitative estimate of drug-likeness (QED) is 0.749. The van der Waals surface area contributed by atoms with E-state index in [2.05, 4.69) is 24.5 Å². The van der Waals surface area contributed by atoms with Crippen LogP contribution in [0.15, 0.2) is 0 Å². The van der Waals surface area contributed by atoms with Gasteiger partial charge in [-0.05, 0) is 56.8 Å². The van der Waals surface area contributed by atoms with Crippen LogP contribution in [0, 0.1) is 17.8 Å². The molecule has 2 saturated carbocycles. The van der Waals surface area contributed by atoms with E-state index in [0.717, 1.165) is 31.6 Å². The van der Waals surface area contributed by atoms with Crippen molar-refractivity contribution in [3.63, 3.8) is 0 Å². The number of carbonyl (C=O) groups excluding carboxylic acids is 1. The van der Waals surface area contributed by atoms with Crippen molar-refractivity contribution in [2.75, 3.05) is 0 Å². The van der Waals surface area contributed by atoms with E-state index in [1.807, 2.05) is 0 Å². The van der Waals surface area contributed by atoms with E-state index >= 15 is 0 Å². The number of rotatable bonds is 3. The molecule has 0 aromatic carbocycles. The molecule has 3 N–H and O–H groups in total. The molecule has 2 aliphatic carbocycles. The van der Waals surface area contributed by atoms with Gasteiger partial charge in [0, 0.05) is 12.1 Å². The first kappa shape index (κ1) is 16.1. The largest absolute Gasteiger partial charge is 0.481 e. The second-order valence-corrected chi connectivity index (χ2v) is 6.97. The molecule has 0 aliphatic heterocycles. The molecule has 0 bridgehead atoms. The van der Waals surface area contributed by atoms with E-state index in [1.165, 1.54) is 6.42 Å². The number of carboxylic acid groups (broad SMARTS) is 1.